The second-order valence-corrected chi connectivity index (χ2v) is 4.61. The molecule has 0 saturated heterocycles. The summed E-state index contributed by atoms with van der Waals surface area (Å²) in [6.07, 6.45) is 9.73. The largest absolute Gasteiger partial charge is 0.381 e. The first-order valence-corrected chi connectivity index (χ1v) is 5.86. The third-order valence-corrected chi connectivity index (χ3v) is 3.49. The molecule has 0 heterocycles. The van der Waals surface area contributed by atoms with Crippen molar-refractivity contribution in [1.29, 1.82) is 0 Å². The Balaban J connectivity index is 1.56. The van der Waals surface area contributed by atoms with Crippen LogP contribution < -0.4 is 5.73 Å². The Hall–Kier alpha value is -0.340. The van der Waals surface area contributed by atoms with Gasteiger partial charge < -0.3 is 10.5 Å². The first-order valence-electron chi connectivity index (χ1n) is 5.86. The van der Waals surface area contributed by atoms with Gasteiger partial charge in [-0.3, -0.25) is 0 Å². The second-order valence-electron chi connectivity index (χ2n) is 4.61. The van der Waals surface area contributed by atoms with E-state index in [1.807, 2.05) is 0 Å². The molecule has 0 spiro atoms. The fraction of sp³-hybridized carbons (Fsp3) is 0.833. The quantitative estimate of drug-likeness (QED) is 0.519. The highest BCUT2D eigenvalue weighted by atomic mass is 16.5. The van der Waals surface area contributed by atoms with Crippen LogP contribution in [0.1, 0.15) is 25.7 Å². The van der Waals surface area contributed by atoms with Gasteiger partial charge >= 0.3 is 0 Å². The van der Waals surface area contributed by atoms with Crippen LogP contribution in [0, 0.1) is 17.8 Å². The molecule has 0 aromatic rings. The van der Waals surface area contributed by atoms with Crippen LogP contribution in [0.5, 0.6) is 0 Å². The summed E-state index contributed by atoms with van der Waals surface area (Å²) >= 11 is 0. The van der Waals surface area contributed by atoms with Gasteiger partial charge in [0.25, 0.3) is 0 Å². The van der Waals surface area contributed by atoms with E-state index in [9.17, 15) is 0 Å². The van der Waals surface area contributed by atoms with Gasteiger partial charge in [-0.2, -0.15) is 0 Å². The zero-order valence-electron chi connectivity index (χ0n) is 8.82. The molecule has 1 fully saturated rings. The predicted molar refractivity (Wildman–Crippen MR) is 58.0 cm³/mol. The van der Waals surface area contributed by atoms with Gasteiger partial charge in [0.05, 0.1) is 0 Å². The highest BCUT2D eigenvalue weighted by Gasteiger charge is 2.35. The number of rotatable bonds is 6. The standard InChI is InChI=1S/C12H21NO/c13-5-1-2-6-14-9-12-8-10-3-4-11(12)7-10/h3-4,10-12H,1-2,5-9,13H2. The van der Waals surface area contributed by atoms with Crippen molar-refractivity contribution in [2.24, 2.45) is 23.5 Å². The minimum Gasteiger partial charge on any atom is -0.381 e. The molecule has 80 valence electrons. The van der Waals surface area contributed by atoms with E-state index < -0.39 is 0 Å². The van der Waals surface area contributed by atoms with Gasteiger partial charge in [0.1, 0.15) is 0 Å². The molecule has 1 saturated carbocycles. The van der Waals surface area contributed by atoms with Crippen molar-refractivity contribution in [3.05, 3.63) is 12.2 Å². The molecule has 2 aliphatic carbocycles. The van der Waals surface area contributed by atoms with Crippen molar-refractivity contribution in [2.45, 2.75) is 25.7 Å². The number of ether oxygens (including phenoxy) is 1. The molecule has 14 heavy (non-hydrogen) atoms. The third-order valence-electron chi connectivity index (χ3n) is 3.49. The van der Waals surface area contributed by atoms with E-state index in [1.54, 1.807) is 0 Å². The summed E-state index contributed by atoms with van der Waals surface area (Å²) in [4.78, 5) is 0. The van der Waals surface area contributed by atoms with Crippen LogP contribution in [0.15, 0.2) is 12.2 Å². The second kappa shape index (κ2) is 4.94. The minimum atomic E-state index is 0.792. The lowest BCUT2D eigenvalue weighted by atomic mass is 9.95. The number of hydrogen-bond donors (Lipinski definition) is 1. The molecule has 0 amide bonds. The maximum atomic E-state index is 5.68. The molecule has 3 unspecified atom stereocenters. The number of fused-ring (bicyclic) bond motifs is 2. The molecule has 2 aliphatic rings. The van der Waals surface area contributed by atoms with Crippen LogP contribution in [-0.2, 0) is 4.74 Å². The Morgan fingerprint density at radius 2 is 2.14 bits per heavy atom. The molecule has 2 bridgehead atoms. The summed E-state index contributed by atoms with van der Waals surface area (Å²) in [5, 5.41) is 0. The zero-order chi connectivity index (χ0) is 9.80. The summed E-state index contributed by atoms with van der Waals surface area (Å²) in [5.74, 6) is 2.51. The van der Waals surface area contributed by atoms with Crippen LogP contribution in [0.2, 0.25) is 0 Å². The fourth-order valence-corrected chi connectivity index (χ4v) is 2.67. The first kappa shape index (κ1) is 10.2. The van der Waals surface area contributed by atoms with Gasteiger partial charge in [-0.1, -0.05) is 12.2 Å². The van der Waals surface area contributed by atoms with E-state index in [4.69, 9.17) is 10.5 Å². The molecule has 2 heteroatoms. The maximum Gasteiger partial charge on any atom is 0.0500 e. The molecule has 3 atom stereocenters. The molecule has 0 aliphatic heterocycles. The molecule has 2 nitrogen and oxygen atoms in total. The van der Waals surface area contributed by atoms with E-state index in [-0.39, 0.29) is 0 Å². The molecule has 0 aromatic heterocycles. The predicted octanol–water partition coefficient (Wildman–Crippen LogP) is 1.95. The highest BCUT2D eigenvalue weighted by molar-refractivity contribution is 5.09. The van der Waals surface area contributed by atoms with E-state index in [0.29, 0.717) is 0 Å². The van der Waals surface area contributed by atoms with Gasteiger partial charge in [0.2, 0.25) is 0 Å². The number of allylic oxidation sites excluding steroid dienone is 2. The summed E-state index contributed by atoms with van der Waals surface area (Å²) in [5.41, 5.74) is 5.42. The Kier molecular flexibility index (Phi) is 3.60. The van der Waals surface area contributed by atoms with Crippen LogP contribution >= 0.6 is 0 Å². The minimum absolute atomic E-state index is 0.792. The van der Waals surface area contributed by atoms with Crippen molar-refractivity contribution < 1.29 is 4.74 Å². The summed E-state index contributed by atoms with van der Waals surface area (Å²) < 4.78 is 5.68. The molecule has 0 radical (unpaired) electrons. The zero-order valence-corrected chi connectivity index (χ0v) is 8.82. The normalized spacial score (nSPS) is 34.2. The third kappa shape index (κ3) is 2.37. The molecular weight excluding hydrogens is 174 g/mol. The highest BCUT2D eigenvalue weighted by Crippen LogP contribution is 2.43. The Morgan fingerprint density at radius 1 is 1.21 bits per heavy atom. The topological polar surface area (TPSA) is 35.2 Å². The van der Waals surface area contributed by atoms with Gasteiger partial charge in [0.15, 0.2) is 0 Å². The van der Waals surface area contributed by atoms with E-state index >= 15 is 0 Å². The van der Waals surface area contributed by atoms with Crippen molar-refractivity contribution in [2.75, 3.05) is 19.8 Å². The summed E-state index contributed by atoms with van der Waals surface area (Å²) in [7, 11) is 0. The van der Waals surface area contributed by atoms with Crippen LogP contribution in [0.3, 0.4) is 0 Å². The van der Waals surface area contributed by atoms with Crippen LogP contribution in [0.25, 0.3) is 0 Å². The number of nitrogens with two attached hydrogens (primary N) is 1. The van der Waals surface area contributed by atoms with E-state index in [1.165, 1.54) is 12.8 Å². The lowest BCUT2D eigenvalue weighted by molar-refractivity contribution is 0.0883. The van der Waals surface area contributed by atoms with Gasteiger partial charge in [0, 0.05) is 13.2 Å². The molecule has 2 rings (SSSR count). The van der Waals surface area contributed by atoms with Crippen molar-refractivity contribution in [1.82, 2.24) is 0 Å². The van der Waals surface area contributed by atoms with Gasteiger partial charge in [-0.25, -0.2) is 0 Å². The van der Waals surface area contributed by atoms with Crippen LogP contribution in [0.4, 0.5) is 0 Å². The smallest absolute Gasteiger partial charge is 0.0500 e. The molecule has 0 aromatic carbocycles. The van der Waals surface area contributed by atoms with E-state index in [0.717, 1.165) is 50.4 Å². The van der Waals surface area contributed by atoms with Gasteiger partial charge in [-0.15, -0.1) is 0 Å². The summed E-state index contributed by atoms with van der Waals surface area (Å²) in [6.45, 7) is 2.66. The van der Waals surface area contributed by atoms with Crippen molar-refractivity contribution >= 4 is 0 Å². The Bertz CT molecular complexity index is 202. The van der Waals surface area contributed by atoms with E-state index in [2.05, 4.69) is 12.2 Å². The van der Waals surface area contributed by atoms with Crippen molar-refractivity contribution in [3.8, 4) is 0 Å². The number of hydrogen-bond acceptors (Lipinski definition) is 2. The SMILES string of the molecule is NCCCCOCC1CC2C=CC1C2. The summed E-state index contributed by atoms with van der Waals surface area (Å²) in [6, 6.07) is 0. The first-order chi connectivity index (χ1) is 6.90. The average Bonchev–Trinajstić information content (AvgIpc) is 2.79. The van der Waals surface area contributed by atoms with Crippen molar-refractivity contribution in [3.63, 3.8) is 0 Å². The van der Waals surface area contributed by atoms with Gasteiger partial charge in [-0.05, 0) is 50.0 Å². The Morgan fingerprint density at radius 3 is 2.79 bits per heavy atom. The molecular formula is C12H21NO. The lowest BCUT2D eigenvalue weighted by Gasteiger charge is -2.17. The maximum absolute atomic E-state index is 5.68. The average molecular weight is 195 g/mol. The Labute approximate surface area is 86.5 Å². The lowest BCUT2D eigenvalue weighted by Crippen LogP contribution is -2.15. The van der Waals surface area contributed by atoms with Crippen LogP contribution in [-0.4, -0.2) is 19.8 Å². The fourth-order valence-electron chi connectivity index (χ4n) is 2.67. The monoisotopic (exact) mass is 195 g/mol. The molecule has 2 N–H and O–H groups in total. The number of unbranched alkanes of at least 4 members (excludes halogenated alkanes) is 1.